The highest BCUT2D eigenvalue weighted by Crippen LogP contribution is 2.37. The van der Waals surface area contributed by atoms with Gasteiger partial charge in [-0.25, -0.2) is 4.39 Å². The lowest BCUT2D eigenvalue weighted by molar-refractivity contribution is 0.283. The Hall–Kier alpha value is -2.13. The summed E-state index contributed by atoms with van der Waals surface area (Å²) in [6, 6.07) is 14.9. The van der Waals surface area contributed by atoms with E-state index in [2.05, 4.69) is 24.8 Å². The molecule has 2 aromatic rings. The van der Waals surface area contributed by atoms with Crippen molar-refractivity contribution in [3.05, 3.63) is 71.0 Å². The summed E-state index contributed by atoms with van der Waals surface area (Å²) >= 11 is 0. The van der Waals surface area contributed by atoms with Gasteiger partial charge in [0.15, 0.2) is 0 Å². The zero-order valence-corrected chi connectivity index (χ0v) is 14.4. The van der Waals surface area contributed by atoms with Crippen LogP contribution >= 0.6 is 0 Å². The van der Waals surface area contributed by atoms with Gasteiger partial charge < -0.3 is 4.74 Å². The molecule has 3 heteroatoms. The average Bonchev–Trinajstić information content (AvgIpc) is 2.62. The van der Waals surface area contributed by atoms with Crippen LogP contribution in [-0.4, -0.2) is 31.1 Å². The van der Waals surface area contributed by atoms with Gasteiger partial charge >= 0.3 is 0 Å². The minimum Gasteiger partial charge on any atom is -0.489 e. The lowest BCUT2D eigenvalue weighted by Crippen LogP contribution is -2.30. The van der Waals surface area contributed by atoms with Crippen molar-refractivity contribution in [2.24, 2.45) is 0 Å². The number of rotatable bonds is 6. The van der Waals surface area contributed by atoms with Crippen LogP contribution in [0, 0.1) is 5.82 Å². The third kappa shape index (κ3) is 3.51. The van der Waals surface area contributed by atoms with E-state index < -0.39 is 0 Å². The molecule has 0 radical (unpaired) electrons. The number of nitrogens with zero attached hydrogens (tertiary/aromatic N) is 1. The number of ether oxygens (including phenoxy) is 1. The molecule has 0 spiro atoms. The van der Waals surface area contributed by atoms with E-state index in [4.69, 9.17) is 4.74 Å². The standard InChI is InChI=1S/C21H24FNO/c1-3-13-23(4-2)14-17-15-24-20-8-6-5-7-19(20)21(17)16-9-11-18(22)12-10-16/h5-12H,3-4,13-15H2,1-2H3. The Kier molecular flexibility index (Phi) is 5.31. The van der Waals surface area contributed by atoms with E-state index in [0.717, 1.165) is 42.9 Å². The number of para-hydroxylation sites is 1. The van der Waals surface area contributed by atoms with Crippen molar-refractivity contribution in [3.63, 3.8) is 0 Å². The minimum absolute atomic E-state index is 0.206. The number of likely N-dealkylation sites (N-methyl/N-ethyl adjacent to an activating group) is 1. The summed E-state index contributed by atoms with van der Waals surface area (Å²) in [5.41, 5.74) is 4.59. The van der Waals surface area contributed by atoms with E-state index in [1.165, 1.54) is 23.3 Å². The topological polar surface area (TPSA) is 12.5 Å². The maximum atomic E-state index is 13.4. The summed E-state index contributed by atoms with van der Waals surface area (Å²) in [6.07, 6.45) is 1.13. The van der Waals surface area contributed by atoms with Gasteiger partial charge in [0.1, 0.15) is 18.2 Å². The Morgan fingerprint density at radius 1 is 1.04 bits per heavy atom. The Morgan fingerprint density at radius 3 is 2.50 bits per heavy atom. The quantitative estimate of drug-likeness (QED) is 0.760. The minimum atomic E-state index is -0.206. The second-order valence-electron chi connectivity index (χ2n) is 6.14. The summed E-state index contributed by atoms with van der Waals surface area (Å²) in [5.74, 6) is 0.696. The molecule has 0 unspecified atom stereocenters. The fourth-order valence-electron chi connectivity index (χ4n) is 3.26. The molecule has 0 aromatic heterocycles. The van der Waals surface area contributed by atoms with Crippen molar-refractivity contribution in [2.45, 2.75) is 20.3 Å². The van der Waals surface area contributed by atoms with Gasteiger partial charge in [-0.1, -0.05) is 44.2 Å². The highest BCUT2D eigenvalue weighted by atomic mass is 19.1. The van der Waals surface area contributed by atoms with Crippen molar-refractivity contribution < 1.29 is 9.13 Å². The van der Waals surface area contributed by atoms with E-state index in [-0.39, 0.29) is 5.82 Å². The Morgan fingerprint density at radius 2 is 1.79 bits per heavy atom. The van der Waals surface area contributed by atoms with Gasteiger partial charge in [-0.15, -0.1) is 0 Å². The molecule has 0 aliphatic carbocycles. The molecule has 0 atom stereocenters. The van der Waals surface area contributed by atoms with Gasteiger partial charge in [-0.05, 0) is 54.4 Å². The first-order valence-electron chi connectivity index (χ1n) is 8.65. The summed E-state index contributed by atoms with van der Waals surface area (Å²) in [6.45, 7) is 7.93. The lowest BCUT2D eigenvalue weighted by atomic mass is 9.90. The molecule has 3 rings (SSSR count). The molecule has 0 amide bonds. The molecule has 0 saturated heterocycles. The van der Waals surface area contributed by atoms with E-state index in [1.54, 1.807) is 0 Å². The SMILES string of the molecule is CCCN(CC)CC1=C(c2ccc(F)cc2)c2ccccc2OC1. The van der Waals surface area contributed by atoms with Crippen LogP contribution in [0.4, 0.5) is 4.39 Å². The van der Waals surface area contributed by atoms with Gasteiger partial charge in [-0.3, -0.25) is 4.90 Å². The third-order valence-corrected chi connectivity index (χ3v) is 4.45. The molecule has 2 nitrogen and oxygen atoms in total. The molecule has 1 aliphatic rings. The van der Waals surface area contributed by atoms with Crippen molar-refractivity contribution in [1.29, 1.82) is 0 Å². The van der Waals surface area contributed by atoms with Crippen LogP contribution in [0.25, 0.3) is 5.57 Å². The zero-order valence-electron chi connectivity index (χ0n) is 14.4. The average molecular weight is 325 g/mol. The smallest absolute Gasteiger partial charge is 0.127 e. The van der Waals surface area contributed by atoms with E-state index in [9.17, 15) is 4.39 Å². The Labute approximate surface area is 143 Å². The van der Waals surface area contributed by atoms with Gasteiger partial charge in [0.25, 0.3) is 0 Å². The first-order chi connectivity index (χ1) is 11.7. The molecule has 0 bridgehead atoms. The number of benzene rings is 2. The van der Waals surface area contributed by atoms with Crippen LogP contribution in [0.3, 0.4) is 0 Å². The second-order valence-corrected chi connectivity index (χ2v) is 6.14. The first kappa shape index (κ1) is 16.7. The molecule has 126 valence electrons. The zero-order chi connectivity index (χ0) is 16.9. The largest absolute Gasteiger partial charge is 0.489 e. The van der Waals surface area contributed by atoms with Crippen LogP contribution in [0.1, 0.15) is 31.4 Å². The highest BCUT2D eigenvalue weighted by Gasteiger charge is 2.22. The number of hydrogen-bond acceptors (Lipinski definition) is 2. The second kappa shape index (κ2) is 7.63. The van der Waals surface area contributed by atoms with Gasteiger partial charge in [0.05, 0.1) is 0 Å². The number of hydrogen-bond donors (Lipinski definition) is 0. The summed E-state index contributed by atoms with van der Waals surface area (Å²) in [5, 5.41) is 0. The maximum Gasteiger partial charge on any atom is 0.127 e. The van der Waals surface area contributed by atoms with Crippen LogP contribution < -0.4 is 4.74 Å². The van der Waals surface area contributed by atoms with Crippen LogP contribution in [0.2, 0.25) is 0 Å². The molecule has 1 aliphatic heterocycles. The van der Waals surface area contributed by atoms with E-state index in [0.29, 0.717) is 6.61 Å². The molecule has 0 saturated carbocycles. The van der Waals surface area contributed by atoms with Gasteiger partial charge in [0, 0.05) is 12.1 Å². The van der Waals surface area contributed by atoms with Gasteiger partial charge in [-0.2, -0.15) is 0 Å². The fourth-order valence-corrected chi connectivity index (χ4v) is 3.26. The lowest BCUT2D eigenvalue weighted by Gasteiger charge is -2.28. The maximum absolute atomic E-state index is 13.4. The van der Waals surface area contributed by atoms with E-state index in [1.807, 2.05) is 30.3 Å². The predicted octanol–water partition coefficient (Wildman–Crippen LogP) is 4.75. The van der Waals surface area contributed by atoms with Crippen LogP contribution in [-0.2, 0) is 0 Å². The first-order valence-corrected chi connectivity index (χ1v) is 8.65. The molecule has 2 aromatic carbocycles. The Balaban J connectivity index is 2.06. The molecule has 0 fully saturated rings. The fraction of sp³-hybridized carbons (Fsp3) is 0.333. The predicted molar refractivity (Wildman–Crippen MR) is 96.8 cm³/mol. The normalized spacial score (nSPS) is 13.8. The Bertz CT molecular complexity index is 721. The monoisotopic (exact) mass is 325 g/mol. The highest BCUT2D eigenvalue weighted by molar-refractivity contribution is 5.86. The van der Waals surface area contributed by atoms with Crippen molar-refractivity contribution in [3.8, 4) is 5.75 Å². The molecular formula is C21H24FNO. The summed E-state index contributed by atoms with van der Waals surface area (Å²) < 4.78 is 19.3. The third-order valence-electron chi connectivity index (χ3n) is 4.45. The van der Waals surface area contributed by atoms with Crippen molar-refractivity contribution in [2.75, 3.05) is 26.2 Å². The van der Waals surface area contributed by atoms with Crippen molar-refractivity contribution in [1.82, 2.24) is 4.90 Å². The number of halogens is 1. The summed E-state index contributed by atoms with van der Waals surface area (Å²) in [7, 11) is 0. The molecule has 1 heterocycles. The molecule has 24 heavy (non-hydrogen) atoms. The van der Waals surface area contributed by atoms with Crippen LogP contribution in [0.15, 0.2) is 54.1 Å². The molecular weight excluding hydrogens is 301 g/mol. The number of fused-ring (bicyclic) bond motifs is 1. The van der Waals surface area contributed by atoms with Crippen LogP contribution in [0.5, 0.6) is 5.75 Å². The molecule has 0 N–H and O–H groups in total. The van der Waals surface area contributed by atoms with Crippen molar-refractivity contribution >= 4 is 5.57 Å². The van der Waals surface area contributed by atoms with Gasteiger partial charge in [0.2, 0.25) is 0 Å². The van der Waals surface area contributed by atoms with E-state index >= 15 is 0 Å². The summed E-state index contributed by atoms with van der Waals surface area (Å²) in [4.78, 5) is 2.43.